The van der Waals surface area contributed by atoms with Crippen molar-refractivity contribution in [1.29, 1.82) is 0 Å². The number of ether oxygens (including phenoxy) is 2. The van der Waals surface area contributed by atoms with Crippen LogP contribution in [0.15, 0.2) is 9.98 Å². The quantitative estimate of drug-likeness (QED) is 0.468. The number of nitrogens with zero attached hydrogens (tertiary/aromatic N) is 2. The fourth-order valence-corrected chi connectivity index (χ4v) is 0.527. The zero-order valence-corrected chi connectivity index (χ0v) is 6.19. The lowest BCUT2D eigenvalue weighted by Crippen LogP contribution is -1.80. The molecule has 0 saturated carbocycles. The molecule has 0 atom stereocenters. The lowest BCUT2D eigenvalue weighted by molar-refractivity contribution is 0.361. The molecular weight excluding hydrogens is 148 g/mol. The summed E-state index contributed by atoms with van der Waals surface area (Å²) in [6, 6.07) is 0. The molecule has 0 saturated heterocycles. The first-order chi connectivity index (χ1) is 5.00. The molecule has 2 N–H and O–H groups in total. The Bertz CT molecular complexity index is 108. The van der Waals surface area contributed by atoms with E-state index in [9.17, 15) is 0 Å². The second kappa shape index (κ2) is 7.01. The first-order valence-electron chi connectivity index (χ1n) is 3.20. The number of hydrogen-bond acceptors (Lipinski definition) is 4. The molecule has 0 amide bonds. The first kappa shape index (κ1) is 9.90. The number of rotatable bonds is 0. The Hall–Kier alpha value is -1.10. The minimum atomic E-state index is 0. The van der Waals surface area contributed by atoms with Gasteiger partial charge >= 0.3 is 0 Å². The van der Waals surface area contributed by atoms with Crippen molar-refractivity contribution in [3.63, 3.8) is 0 Å². The average Bonchev–Trinajstić information content (AvgIpc) is 2.67. The van der Waals surface area contributed by atoms with E-state index in [0.29, 0.717) is 0 Å². The maximum absolute atomic E-state index is 4.65. The summed E-state index contributed by atoms with van der Waals surface area (Å²) < 4.78 is 9.31. The van der Waals surface area contributed by atoms with Crippen LogP contribution in [0.25, 0.3) is 0 Å². The second-order valence-electron chi connectivity index (χ2n) is 1.76. The van der Waals surface area contributed by atoms with Gasteiger partial charge in [-0.25, -0.2) is 0 Å². The lowest BCUT2D eigenvalue weighted by atomic mass is 10.8. The molecule has 64 valence electrons. The Morgan fingerprint density at radius 2 is 1.36 bits per heavy atom. The fourth-order valence-electron chi connectivity index (χ4n) is 0.527. The van der Waals surface area contributed by atoms with Gasteiger partial charge in [-0.1, -0.05) is 0 Å². The third-order valence-corrected chi connectivity index (χ3v) is 0.975. The Morgan fingerprint density at radius 3 is 1.45 bits per heavy atom. The molecule has 0 aromatic heterocycles. The van der Waals surface area contributed by atoms with E-state index in [4.69, 9.17) is 0 Å². The highest BCUT2D eigenvalue weighted by molar-refractivity contribution is 5.48. The Morgan fingerprint density at radius 1 is 0.909 bits per heavy atom. The van der Waals surface area contributed by atoms with Crippen LogP contribution in [0.5, 0.6) is 0 Å². The summed E-state index contributed by atoms with van der Waals surface area (Å²) in [5, 5.41) is 0. The van der Waals surface area contributed by atoms with Crippen molar-refractivity contribution in [2.24, 2.45) is 9.98 Å². The molecule has 11 heavy (non-hydrogen) atoms. The summed E-state index contributed by atoms with van der Waals surface area (Å²) in [6.07, 6.45) is 2.97. The molecule has 2 aliphatic rings. The molecule has 0 aromatic rings. The van der Waals surface area contributed by atoms with Crippen LogP contribution in [0.4, 0.5) is 0 Å². The van der Waals surface area contributed by atoms with Gasteiger partial charge in [0.15, 0.2) is 12.8 Å². The summed E-state index contributed by atoms with van der Waals surface area (Å²) in [7, 11) is 0. The van der Waals surface area contributed by atoms with Gasteiger partial charge in [0.2, 0.25) is 0 Å². The first-order valence-corrected chi connectivity index (χ1v) is 3.20. The molecule has 5 nitrogen and oxygen atoms in total. The third-order valence-electron chi connectivity index (χ3n) is 0.975. The normalized spacial score (nSPS) is 17.5. The van der Waals surface area contributed by atoms with Gasteiger partial charge < -0.3 is 14.9 Å². The van der Waals surface area contributed by atoms with E-state index in [1.165, 1.54) is 12.8 Å². The maximum Gasteiger partial charge on any atom is 0.169 e. The van der Waals surface area contributed by atoms with E-state index in [-0.39, 0.29) is 5.48 Å². The molecule has 0 spiro atoms. The summed E-state index contributed by atoms with van der Waals surface area (Å²) in [6.45, 7) is 3.25. The van der Waals surface area contributed by atoms with Gasteiger partial charge in [0.25, 0.3) is 0 Å². The van der Waals surface area contributed by atoms with Crippen LogP contribution < -0.4 is 0 Å². The van der Waals surface area contributed by atoms with Gasteiger partial charge in [-0.15, -0.1) is 0 Å². The SMILES string of the molecule is C1=NCCO1.C1=NCCO1.O. The molecule has 0 aromatic carbocycles. The van der Waals surface area contributed by atoms with Crippen molar-refractivity contribution in [2.75, 3.05) is 26.3 Å². The maximum atomic E-state index is 4.65. The minimum absolute atomic E-state index is 0. The highest BCUT2D eigenvalue weighted by atomic mass is 16.5. The van der Waals surface area contributed by atoms with E-state index in [1.807, 2.05) is 0 Å². The average molecular weight is 160 g/mol. The molecule has 0 bridgehead atoms. The van der Waals surface area contributed by atoms with Gasteiger partial charge in [0, 0.05) is 0 Å². The molecule has 2 rings (SSSR count). The Labute approximate surface area is 65.1 Å². The van der Waals surface area contributed by atoms with Gasteiger partial charge in [0.1, 0.15) is 13.2 Å². The van der Waals surface area contributed by atoms with E-state index >= 15 is 0 Å². The molecule has 0 aliphatic carbocycles. The van der Waals surface area contributed by atoms with Crippen LogP contribution >= 0.6 is 0 Å². The summed E-state index contributed by atoms with van der Waals surface area (Å²) >= 11 is 0. The van der Waals surface area contributed by atoms with Crippen molar-refractivity contribution in [3.8, 4) is 0 Å². The highest BCUT2D eigenvalue weighted by Crippen LogP contribution is 1.79. The largest absolute Gasteiger partial charge is 0.482 e. The van der Waals surface area contributed by atoms with Gasteiger partial charge in [-0.2, -0.15) is 0 Å². The summed E-state index contributed by atoms with van der Waals surface area (Å²) in [4.78, 5) is 7.47. The van der Waals surface area contributed by atoms with E-state index < -0.39 is 0 Å². The van der Waals surface area contributed by atoms with Crippen molar-refractivity contribution >= 4 is 12.8 Å². The standard InChI is InChI=1S/2C3H5NO.H2O/c2*1-2-5-3-4-1;/h2*3H,1-2H2;1H2. The second-order valence-corrected chi connectivity index (χ2v) is 1.76. The zero-order chi connectivity index (χ0) is 7.07. The van der Waals surface area contributed by atoms with Crippen LogP contribution in [0.3, 0.4) is 0 Å². The summed E-state index contributed by atoms with van der Waals surface area (Å²) in [5.41, 5.74) is 0. The molecule has 2 heterocycles. The number of hydrogen-bond donors (Lipinski definition) is 0. The number of aliphatic imine (C=N–C) groups is 2. The van der Waals surface area contributed by atoms with Gasteiger partial charge in [0.05, 0.1) is 13.1 Å². The monoisotopic (exact) mass is 160 g/mol. The van der Waals surface area contributed by atoms with Gasteiger partial charge in [-0.05, 0) is 0 Å². The topological polar surface area (TPSA) is 74.7 Å². The van der Waals surface area contributed by atoms with Crippen molar-refractivity contribution in [1.82, 2.24) is 0 Å². The van der Waals surface area contributed by atoms with E-state index in [0.717, 1.165) is 26.3 Å². The Balaban J connectivity index is 0.000000167. The predicted octanol–water partition coefficient (Wildman–Crippen LogP) is -0.735. The van der Waals surface area contributed by atoms with Crippen molar-refractivity contribution in [3.05, 3.63) is 0 Å². The summed E-state index contributed by atoms with van der Waals surface area (Å²) in [5.74, 6) is 0. The highest BCUT2D eigenvalue weighted by Gasteiger charge is 1.85. The molecular formula is C6H12N2O3. The Kier molecular flexibility index (Phi) is 6.31. The van der Waals surface area contributed by atoms with E-state index in [1.54, 1.807) is 0 Å². The molecule has 0 radical (unpaired) electrons. The van der Waals surface area contributed by atoms with Crippen LogP contribution in [0, 0.1) is 0 Å². The van der Waals surface area contributed by atoms with Crippen LogP contribution in [-0.4, -0.2) is 44.6 Å². The van der Waals surface area contributed by atoms with Crippen LogP contribution in [0.1, 0.15) is 0 Å². The molecule has 0 unspecified atom stereocenters. The zero-order valence-electron chi connectivity index (χ0n) is 6.19. The molecule has 5 heteroatoms. The van der Waals surface area contributed by atoms with E-state index in [2.05, 4.69) is 19.5 Å². The predicted molar refractivity (Wildman–Crippen MR) is 42.2 cm³/mol. The van der Waals surface area contributed by atoms with Crippen molar-refractivity contribution in [2.45, 2.75) is 0 Å². The minimum Gasteiger partial charge on any atom is -0.482 e. The van der Waals surface area contributed by atoms with Crippen LogP contribution in [0.2, 0.25) is 0 Å². The molecule has 0 fully saturated rings. The molecule has 2 aliphatic heterocycles. The lowest BCUT2D eigenvalue weighted by Gasteiger charge is -1.76. The van der Waals surface area contributed by atoms with Crippen molar-refractivity contribution < 1.29 is 14.9 Å². The fraction of sp³-hybridized carbons (Fsp3) is 0.667. The third kappa shape index (κ3) is 5.35. The van der Waals surface area contributed by atoms with Gasteiger partial charge in [-0.3, -0.25) is 9.98 Å². The van der Waals surface area contributed by atoms with Crippen LogP contribution in [-0.2, 0) is 9.47 Å². The smallest absolute Gasteiger partial charge is 0.169 e.